The van der Waals surface area contributed by atoms with E-state index < -0.39 is 0 Å². The Morgan fingerprint density at radius 3 is 2.75 bits per heavy atom. The largest absolute Gasteiger partial charge is 0.383 e. The first-order valence-corrected chi connectivity index (χ1v) is 9.83. The molecule has 1 fully saturated rings. The number of hydrogen-bond donors (Lipinski definition) is 2. The lowest BCUT2D eigenvalue weighted by Crippen LogP contribution is -3.10. The second kappa shape index (κ2) is 7.81. The monoisotopic (exact) mass is 383 g/mol. The maximum atomic E-state index is 13.1. The topological polar surface area (TPSA) is 90.1 Å². The number of quaternary nitrogens is 1. The van der Waals surface area contributed by atoms with Gasteiger partial charge < -0.3 is 14.6 Å². The van der Waals surface area contributed by atoms with E-state index in [9.17, 15) is 4.79 Å². The summed E-state index contributed by atoms with van der Waals surface area (Å²) in [6.45, 7) is 7.19. The number of H-pyrrole nitrogens is 1. The number of pyridine rings is 1. The highest BCUT2D eigenvalue weighted by Gasteiger charge is 2.35. The molecule has 1 aromatic carbocycles. The Bertz CT molecular complexity index is 1030. The molecule has 0 unspecified atom stereocenters. The molecule has 0 spiro atoms. The van der Waals surface area contributed by atoms with Crippen molar-refractivity contribution in [3.63, 3.8) is 0 Å². The van der Waals surface area contributed by atoms with Crippen LogP contribution in [0.25, 0.3) is 10.9 Å². The van der Waals surface area contributed by atoms with Gasteiger partial charge in [0.05, 0.1) is 37.3 Å². The molecule has 0 bridgehead atoms. The van der Waals surface area contributed by atoms with Crippen LogP contribution in [0.15, 0.2) is 23.0 Å². The van der Waals surface area contributed by atoms with Gasteiger partial charge in [0.25, 0.3) is 5.56 Å². The molecule has 0 amide bonds. The molecule has 3 aromatic rings. The Morgan fingerprint density at radius 2 is 2.00 bits per heavy atom. The van der Waals surface area contributed by atoms with E-state index in [0.717, 1.165) is 59.3 Å². The third kappa shape index (κ3) is 3.33. The van der Waals surface area contributed by atoms with E-state index in [1.54, 1.807) is 11.8 Å². The van der Waals surface area contributed by atoms with Crippen LogP contribution in [0.3, 0.4) is 0 Å². The van der Waals surface area contributed by atoms with Crippen molar-refractivity contribution in [2.24, 2.45) is 0 Å². The van der Waals surface area contributed by atoms with Crippen LogP contribution in [0, 0.1) is 13.8 Å². The van der Waals surface area contributed by atoms with Gasteiger partial charge in [-0.3, -0.25) is 4.79 Å². The van der Waals surface area contributed by atoms with E-state index in [1.165, 1.54) is 4.90 Å². The van der Waals surface area contributed by atoms with Crippen molar-refractivity contribution in [1.29, 1.82) is 0 Å². The third-order valence-corrected chi connectivity index (χ3v) is 5.76. The maximum Gasteiger partial charge on any atom is 0.258 e. The normalized spacial score (nSPS) is 16.1. The van der Waals surface area contributed by atoms with Crippen molar-refractivity contribution in [2.75, 3.05) is 26.8 Å². The zero-order valence-electron chi connectivity index (χ0n) is 16.7. The average molecular weight is 383 g/mol. The number of aromatic amines is 1. The highest BCUT2D eigenvalue weighted by Crippen LogP contribution is 2.23. The van der Waals surface area contributed by atoms with Crippen LogP contribution in [0.2, 0.25) is 0 Å². The zero-order valence-corrected chi connectivity index (χ0v) is 16.7. The summed E-state index contributed by atoms with van der Waals surface area (Å²) in [5.74, 6) is 0.726. The predicted octanol–water partition coefficient (Wildman–Crippen LogP) is 0.546. The second-order valence-electron chi connectivity index (χ2n) is 7.59. The SMILES string of the molecule is COCCn1nnnc1[C@H](c1cc2c(C)ccc(C)c2[nH]c1=O)[NH+]1CCCC1. The Hall–Kier alpha value is -2.58. The number of rotatable bonds is 6. The summed E-state index contributed by atoms with van der Waals surface area (Å²) in [6, 6.07) is 5.99. The van der Waals surface area contributed by atoms with Gasteiger partial charge in [-0.1, -0.05) is 12.1 Å². The van der Waals surface area contributed by atoms with Crippen LogP contribution in [0.5, 0.6) is 0 Å². The van der Waals surface area contributed by atoms with Gasteiger partial charge in [-0.05, 0) is 41.5 Å². The molecule has 2 aromatic heterocycles. The number of aryl methyl sites for hydroxylation is 2. The van der Waals surface area contributed by atoms with Gasteiger partial charge in [0, 0.05) is 25.3 Å². The highest BCUT2D eigenvalue weighted by molar-refractivity contribution is 5.85. The second-order valence-corrected chi connectivity index (χ2v) is 7.59. The van der Waals surface area contributed by atoms with Gasteiger partial charge in [-0.2, -0.15) is 0 Å². The number of nitrogens with zero attached hydrogens (tertiary/aromatic N) is 4. The Morgan fingerprint density at radius 1 is 1.25 bits per heavy atom. The van der Waals surface area contributed by atoms with E-state index in [4.69, 9.17) is 4.74 Å². The molecule has 148 valence electrons. The molecule has 0 saturated carbocycles. The van der Waals surface area contributed by atoms with E-state index in [0.29, 0.717) is 13.2 Å². The molecule has 1 aliphatic heterocycles. The van der Waals surface area contributed by atoms with Crippen molar-refractivity contribution < 1.29 is 9.64 Å². The average Bonchev–Trinajstić information content (AvgIpc) is 3.37. The Balaban J connectivity index is 1.88. The molecule has 0 radical (unpaired) electrons. The fraction of sp³-hybridized carbons (Fsp3) is 0.500. The summed E-state index contributed by atoms with van der Waals surface area (Å²) in [5, 5.41) is 13.4. The lowest BCUT2D eigenvalue weighted by molar-refractivity contribution is -0.914. The lowest BCUT2D eigenvalue weighted by Gasteiger charge is -2.24. The summed E-state index contributed by atoms with van der Waals surface area (Å²) >= 11 is 0. The summed E-state index contributed by atoms with van der Waals surface area (Å²) < 4.78 is 6.97. The Labute approximate surface area is 163 Å². The maximum absolute atomic E-state index is 13.1. The molecular formula is C20H27N6O2+. The van der Waals surface area contributed by atoms with E-state index in [2.05, 4.69) is 33.5 Å². The molecule has 28 heavy (non-hydrogen) atoms. The molecular weight excluding hydrogens is 356 g/mol. The highest BCUT2D eigenvalue weighted by atomic mass is 16.5. The van der Waals surface area contributed by atoms with Crippen LogP contribution in [-0.2, 0) is 11.3 Å². The summed E-state index contributed by atoms with van der Waals surface area (Å²) in [5.41, 5.74) is 3.79. The van der Waals surface area contributed by atoms with Crippen LogP contribution < -0.4 is 10.5 Å². The van der Waals surface area contributed by atoms with Gasteiger partial charge in [0.1, 0.15) is 0 Å². The fourth-order valence-corrected chi connectivity index (χ4v) is 4.22. The van der Waals surface area contributed by atoms with Crippen LogP contribution >= 0.6 is 0 Å². The fourth-order valence-electron chi connectivity index (χ4n) is 4.22. The minimum Gasteiger partial charge on any atom is -0.383 e. The van der Waals surface area contributed by atoms with Gasteiger partial charge in [-0.25, -0.2) is 4.68 Å². The van der Waals surface area contributed by atoms with Crippen LogP contribution in [0.4, 0.5) is 0 Å². The molecule has 2 N–H and O–H groups in total. The number of likely N-dealkylation sites (tertiary alicyclic amines) is 1. The van der Waals surface area contributed by atoms with Crippen molar-refractivity contribution >= 4 is 10.9 Å². The van der Waals surface area contributed by atoms with E-state index in [1.807, 2.05) is 19.1 Å². The standard InChI is InChI=1S/C20H26N6O2/c1-13-6-7-14(2)17-15(13)12-16(20(27)21-17)18(25-8-4-5-9-25)19-22-23-24-26(19)10-11-28-3/h6-7,12,18H,4-5,8-11H2,1-3H3,(H,21,27)/p+1/t18-/m0/s1. The molecule has 1 saturated heterocycles. The number of aromatic nitrogens is 5. The number of benzene rings is 1. The van der Waals surface area contributed by atoms with E-state index in [-0.39, 0.29) is 11.6 Å². The molecule has 8 heteroatoms. The zero-order chi connectivity index (χ0) is 19.7. The third-order valence-electron chi connectivity index (χ3n) is 5.76. The smallest absolute Gasteiger partial charge is 0.258 e. The molecule has 0 aliphatic carbocycles. The number of methoxy groups -OCH3 is 1. The first-order valence-electron chi connectivity index (χ1n) is 9.83. The Kier molecular flexibility index (Phi) is 5.23. The first-order chi connectivity index (χ1) is 13.6. The van der Waals surface area contributed by atoms with Gasteiger partial charge in [0.15, 0.2) is 6.04 Å². The van der Waals surface area contributed by atoms with Crippen molar-refractivity contribution in [1.82, 2.24) is 25.2 Å². The quantitative estimate of drug-likeness (QED) is 0.649. The lowest BCUT2D eigenvalue weighted by atomic mass is 10.00. The molecule has 1 aliphatic rings. The van der Waals surface area contributed by atoms with Crippen LogP contribution in [-0.4, -0.2) is 52.0 Å². The summed E-state index contributed by atoms with van der Waals surface area (Å²) in [4.78, 5) is 17.6. The molecule has 4 rings (SSSR count). The minimum atomic E-state index is -0.192. The number of ether oxygens (including phenoxy) is 1. The van der Waals surface area contributed by atoms with Crippen molar-refractivity contribution in [3.05, 3.63) is 51.1 Å². The molecule has 3 heterocycles. The number of nitrogens with one attached hydrogen (secondary N) is 2. The van der Waals surface area contributed by atoms with Gasteiger partial charge in [-0.15, -0.1) is 5.10 Å². The minimum absolute atomic E-state index is 0.0631. The van der Waals surface area contributed by atoms with Crippen molar-refractivity contribution in [2.45, 2.75) is 39.3 Å². The molecule has 8 nitrogen and oxygen atoms in total. The number of fused-ring (bicyclic) bond motifs is 1. The summed E-state index contributed by atoms with van der Waals surface area (Å²) in [6.07, 6.45) is 2.30. The number of tetrazole rings is 1. The van der Waals surface area contributed by atoms with Gasteiger partial charge in [0.2, 0.25) is 5.82 Å². The summed E-state index contributed by atoms with van der Waals surface area (Å²) in [7, 11) is 1.66. The van der Waals surface area contributed by atoms with Crippen molar-refractivity contribution in [3.8, 4) is 0 Å². The molecule has 1 atom stereocenters. The predicted molar refractivity (Wildman–Crippen MR) is 106 cm³/mol. The van der Waals surface area contributed by atoms with Gasteiger partial charge >= 0.3 is 0 Å². The first kappa shape index (κ1) is 18.8. The number of hydrogen-bond acceptors (Lipinski definition) is 5. The van der Waals surface area contributed by atoms with E-state index >= 15 is 0 Å². The van der Waals surface area contributed by atoms with Crippen LogP contribution in [0.1, 0.15) is 41.4 Å².